The zero-order chi connectivity index (χ0) is 13.6. The number of ether oxygens (including phenoxy) is 1. The molecule has 4 nitrogen and oxygen atoms in total. The van der Waals surface area contributed by atoms with Gasteiger partial charge in [-0.3, -0.25) is 0 Å². The molecule has 18 heavy (non-hydrogen) atoms. The van der Waals surface area contributed by atoms with E-state index in [1.54, 1.807) is 0 Å². The third-order valence-electron chi connectivity index (χ3n) is 3.26. The van der Waals surface area contributed by atoms with Gasteiger partial charge in [-0.1, -0.05) is 13.8 Å². The predicted octanol–water partition coefficient (Wildman–Crippen LogP) is 2.56. The van der Waals surface area contributed by atoms with Gasteiger partial charge in [-0.05, 0) is 33.7 Å². The highest BCUT2D eigenvalue weighted by molar-refractivity contribution is 5.18. The Kier molecular flexibility index (Phi) is 5.69. The largest absolute Gasteiger partial charge is 0.368 e. The SMILES string of the molecule is CCNCc1cnc(C(C)(CC)OCC)nc1C. The van der Waals surface area contributed by atoms with Crippen molar-refractivity contribution < 1.29 is 4.74 Å². The zero-order valence-electron chi connectivity index (χ0n) is 12.2. The molecule has 102 valence electrons. The molecule has 0 saturated heterocycles. The number of nitrogens with zero attached hydrogens (tertiary/aromatic N) is 2. The van der Waals surface area contributed by atoms with E-state index in [1.165, 1.54) is 0 Å². The van der Waals surface area contributed by atoms with Gasteiger partial charge < -0.3 is 10.1 Å². The van der Waals surface area contributed by atoms with E-state index >= 15 is 0 Å². The second-order valence-electron chi connectivity index (χ2n) is 4.60. The van der Waals surface area contributed by atoms with Gasteiger partial charge in [0.25, 0.3) is 0 Å². The van der Waals surface area contributed by atoms with E-state index in [0.29, 0.717) is 6.61 Å². The lowest BCUT2D eigenvalue weighted by Gasteiger charge is -2.27. The molecule has 1 aromatic heterocycles. The summed E-state index contributed by atoms with van der Waals surface area (Å²) in [6.07, 6.45) is 2.78. The third-order valence-corrected chi connectivity index (χ3v) is 3.26. The van der Waals surface area contributed by atoms with E-state index in [4.69, 9.17) is 4.74 Å². The van der Waals surface area contributed by atoms with Crippen LogP contribution >= 0.6 is 0 Å². The minimum Gasteiger partial charge on any atom is -0.368 e. The Hall–Kier alpha value is -1.00. The first-order valence-electron chi connectivity index (χ1n) is 6.75. The molecular weight excluding hydrogens is 226 g/mol. The maximum Gasteiger partial charge on any atom is 0.160 e. The lowest BCUT2D eigenvalue weighted by molar-refractivity contribution is -0.0392. The molecule has 0 bridgehead atoms. The first-order chi connectivity index (χ1) is 8.57. The predicted molar refractivity (Wildman–Crippen MR) is 73.4 cm³/mol. The number of hydrogen-bond donors (Lipinski definition) is 1. The maximum absolute atomic E-state index is 5.80. The van der Waals surface area contributed by atoms with Gasteiger partial charge in [0.05, 0.1) is 0 Å². The van der Waals surface area contributed by atoms with Crippen LogP contribution in [-0.2, 0) is 16.9 Å². The summed E-state index contributed by atoms with van der Waals surface area (Å²) in [5.74, 6) is 0.782. The fourth-order valence-corrected chi connectivity index (χ4v) is 1.82. The first kappa shape index (κ1) is 15.1. The van der Waals surface area contributed by atoms with Crippen molar-refractivity contribution in [1.29, 1.82) is 0 Å². The Morgan fingerprint density at radius 2 is 2.06 bits per heavy atom. The van der Waals surface area contributed by atoms with Crippen LogP contribution in [0, 0.1) is 6.92 Å². The second-order valence-corrected chi connectivity index (χ2v) is 4.60. The van der Waals surface area contributed by atoms with Crippen LogP contribution in [0.15, 0.2) is 6.20 Å². The number of nitrogens with one attached hydrogen (secondary N) is 1. The molecule has 1 heterocycles. The molecule has 0 saturated carbocycles. The summed E-state index contributed by atoms with van der Waals surface area (Å²) in [5.41, 5.74) is 1.80. The van der Waals surface area contributed by atoms with Gasteiger partial charge in [-0.25, -0.2) is 9.97 Å². The van der Waals surface area contributed by atoms with Crippen molar-refractivity contribution >= 4 is 0 Å². The lowest BCUT2D eigenvalue weighted by Crippen LogP contribution is -2.28. The van der Waals surface area contributed by atoms with Crippen LogP contribution in [-0.4, -0.2) is 23.1 Å². The minimum atomic E-state index is -0.379. The van der Waals surface area contributed by atoms with E-state index in [-0.39, 0.29) is 5.60 Å². The van der Waals surface area contributed by atoms with Crippen LogP contribution in [0.4, 0.5) is 0 Å². The maximum atomic E-state index is 5.80. The van der Waals surface area contributed by atoms with Crippen LogP contribution in [0.2, 0.25) is 0 Å². The molecule has 0 fully saturated rings. The van der Waals surface area contributed by atoms with Crippen molar-refractivity contribution in [3.63, 3.8) is 0 Å². The highest BCUT2D eigenvalue weighted by Gasteiger charge is 2.28. The summed E-state index contributed by atoms with van der Waals surface area (Å²) >= 11 is 0. The summed E-state index contributed by atoms with van der Waals surface area (Å²) in [5, 5.41) is 3.29. The minimum absolute atomic E-state index is 0.379. The lowest BCUT2D eigenvalue weighted by atomic mass is 10.0. The molecule has 1 aromatic rings. The number of rotatable bonds is 7. The fraction of sp³-hybridized carbons (Fsp3) is 0.714. The average Bonchev–Trinajstić information content (AvgIpc) is 2.37. The summed E-state index contributed by atoms with van der Waals surface area (Å²) in [4.78, 5) is 9.09. The molecule has 4 heteroatoms. The van der Waals surface area contributed by atoms with Crippen LogP contribution in [0.1, 0.15) is 51.2 Å². The molecule has 0 aliphatic heterocycles. The van der Waals surface area contributed by atoms with Crippen molar-refractivity contribution in [2.75, 3.05) is 13.2 Å². The molecule has 1 rings (SSSR count). The quantitative estimate of drug-likeness (QED) is 0.809. The van der Waals surface area contributed by atoms with E-state index in [1.807, 2.05) is 20.0 Å². The van der Waals surface area contributed by atoms with Crippen LogP contribution in [0.3, 0.4) is 0 Å². The number of aryl methyl sites for hydroxylation is 1. The fourth-order valence-electron chi connectivity index (χ4n) is 1.82. The summed E-state index contributed by atoms with van der Waals surface area (Å²) in [6.45, 7) is 12.7. The van der Waals surface area contributed by atoms with Crippen LogP contribution in [0.25, 0.3) is 0 Å². The highest BCUT2D eigenvalue weighted by Crippen LogP contribution is 2.26. The number of aromatic nitrogens is 2. The third kappa shape index (κ3) is 3.50. The van der Waals surface area contributed by atoms with E-state index in [0.717, 1.165) is 36.6 Å². The van der Waals surface area contributed by atoms with Crippen molar-refractivity contribution in [3.05, 3.63) is 23.3 Å². The standard InChI is InChI=1S/C14H25N3O/c1-6-14(5,18-8-3)13-16-10-12(9-15-7-2)11(4)17-13/h10,15H,6-9H2,1-5H3. The number of hydrogen-bond acceptors (Lipinski definition) is 4. The molecular formula is C14H25N3O. The smallest absolute Gasteiger partial charge is 0.160 e. The van der Waals surface area contributed by atoms with Crippen molar-refractivity contribution in [2.24, 2.45) is 0 Å². The van der Waals surface area contributed by atoms with Gasteiger partial charge in [0, 0.05) is 30.6 Å². The van der Waals surface area contributed by atoms with E-state index in [9.17, 15) is 0 Å². The Labute approximate surface area is 110 Å². The Balaban J connectivity index is 2.94. The normalized spacial score (nSPS) is 14.5. The molecule has 1 atom stereocenters. The molecule has 1 unspecified atom stereocenters. The molecule has 0 radical (unpaired) electrons. The van der Waals surface area contributed by atoms with Crippen LogP contribution < -0.4 is 5.32 Å². The van der Waals surface area contributed by atoms with Crippen molar-refractivity contribution in [1.82, 2.24) is 15.3 Å². The van der Waals surface area contributed by atoms with E-state index in [2.05, 4.69) is 36.1 Å². The van der Waals surface area contributed by atoms with Gasteiger partial charge >= 0.3 is 0 Å². The zero-order valence-corrected chi connectivity index (χ0v) is 12.2. The highest BCUT2D eigenvalue weighted by atomic mass is 16.5. The van der Waals surface area contributed by atoms with Gasteiger partial charge in [-0.2, -0.15) is 0 Å². The van der Waals surface area contributed by atoms with Crippen LogP contribution in [0.5, 0.6) is 0 Å². The summed E-state index contributed by atoms with van der Waals surface area (Å²) in [7, 11) is 0. The van der Waals surface area contributed by atoms with Gasteiger partial charge in [0.1, 0.15) is 5.60 Å². The molecule has 0 aliphatic rings. The molecule has 0 amide bonds. The molecule has 0 aliphatic carbocycles. The Morgan fingerprint density at radius 3 is 2.56 bits per heavy atom. The summed E-state index contributed by atoms with van der Waals surface area (Å²) in [6, 6.07) is 0. The molecule has 0 spiro atoms. The molecule has 0 aromatic carbocycles. The topological polar surface area (TPSA) is 47.0 Å². The average molecular weight is 251 g/mol. The van der Waals surface area contributed by atoms with Crippen molar-refractivity contribution in [2.45, 2.75) is 53.2 Å². The van der Waals surface area contributed by atoms with Gasteiger partial charge in [0.15, 0.2) is 5.82 Å². The summed E-state index contributed by atoms with van der Waals surface area (Å²) < 4.78 is 5.80. The molecule has 1 N–H and O–H groups in total. The van der Waals surface area contributed by atoms with Gasteiger partial charge in [0.2, 0.25) is 0 Å². The van der Waals surface area contributed by atoms with Gasteiger partial charge in [-0.15, -0.1) is 0 Å². The Bertz CT molecular complexity index is 381. The first-order valence-corrected chi connectivity index (χ1v) is 6.75. The van der Waals surface area contributed by atoms with Crippen molar-refractivity contribution in [3.8, 4) is 0 Å². The monoisotopic (exact) mass is 251 g/mol. The van der Waals surface area contributed by atoms with E-state index < -0.39 is 0 Å². The Morgan fingerprint density at radius 1 is 1.33 bits per heavy atom. The second kappa shape index (κ2) is 6.81.